The van der Waals surface area contributed by atoms with E-state index in [1.165, 1.54) is 0 Å². The van der Waals surface area contributed by atoms with E-state index in [1.807, 2.05) is 6.07 Å². The standard InChI is InChI=1S/C14H20N4O2/c15-13-7-10(14(16)20)1-2-11(13)8-17-12-3-5-18(9-19)6-4-12/h1-2,7,9,12,17H,3-6,8,15H2,(H2,16,20). The number of benzene rings is 1. The van der Waals surface area contributed by atoms with Crippen molar-refractivity contribution in [3.63, 3.8) is 0 Å². The number of nitrogens with two attached hydrogens (primary N) is 2. The molecule has 0 unspecified atom stereocenters. The van der Waals surface area contributed by atoms with Crippen LogP contribution in [0.15, 0.2) is 18.2 Å². The third-order valence-corrected chi connectivity index (χ3v) is 3.69. The predicted octanol–water partition coefficient (Wildman–Crippen LogP) is 0.0781. The molecule has 0 aromatic heterocycles. The molecule has 1 heterocycles. The van der Waals surface area contributed by atoms with Gasteiger partial charge in [0.1, 0.15) is 0 Å². The van der Waals surface area contributed by atoms with E-state index in [-0.39, 0.29) is 0 Å². The first-order valence-electron chi connectivity index (χ1n) is 6.71. The lowest BCUT2D eigenvalue weighted by molar-refractivity contribution is -0.119. The van der Waals surface area contributed by atoms with E-state index in [1.54, 1.807) is 17.0 Å². The number of nitrogens with one attached hydrogen (secondary N) is 1. The number of nitrogens with zero attached hydrogens (tertiary/aromatic N) is 1. The van der Waals surface area contributed by atoms with E-state index in [4.69, 9.17) is 11.5 Å². The Morgan fingerprint density at radius 1 is 1.40 bits per heavy atom. The maximum absolute atomic E-state index is 11.0. The van der Waals surface area contributed by atoms with Gasteiger partial charge in [0.2, 0.25) is 12.3 Å². The highest BCUT2D eigenvalue weighted by atomic mass is 16.1. The van der Waals surface area contributed by atoms with Crippen molar-refractivity contribution >= 4 is 18.0 Å². The molecule has 1 aromatic carbocycles. The SMILES string of the molecule is NC(=O)c1ccc(CNC2CCN(C=O)CC2)c(N)c1. The third-order valence-electron chi connectivity index (χ3n) is 3.69. The number of likely N-dealkylation sites (tertiary alicyclic amines) is 1. The van der Waals surface area contributed by atoms with Crippen LogP contribution in [-0.4, -0.2) is 36.3 Å². The molecule has 1 fully saturated rings. The van der Waals surface area contributed by atoms with E-state index in [0.717, 1.165) is 37.9 Å². The summed E-state index contributed by atoms with van der Waals surface area (Å²) >= 11 is 0. The summed E-state index contributed by atoms with van der Waals surface area (Å²) in [5.41, 5.74) is 13.1. The summed E-state index contributed by atoms with van der Waals surface area (Å²) < 4.78 is 0. The maximum Gasteiger partial charge on any atom is 0.248 e. The molecule has 2 rings (SSSR count). The average molecular weight is 276 g/mol. The summed E-state index contributed by atoms with van der Waals surface area (Å²) in [6.07, 6.45) is 2.78. The summed E-state index contributed by atoms with van der Waals surface area (Å²) in [6.45, 7) is 2.23. The van der Waals surface area contributed by atoms with Gasteiger partial charge in [-0.05, 0) is 30.5 Å². The topological polar surface area (TPSA) is 101 Å². The average Bonchev–Trinajstić information content (AvgIpc) is 2.46. The first kappa shape index (κ1) is 14.3. The number of carbonyl (C=O) groups is 2. The van der Waals surface area contributed by atoms with E-state index >= 15 is 0 Å². The molecule has 1 saturated heterocycles. The molecule has 6 nitrogen and oxygen atoms in total. The van der Waals surface area contributed by atoms with Gasteiger partial charge in [0.05, 0.1) is 0 Å². The van der Waals surface area contributed by atoms with Crippen LogP contribution >= 0.6 is 0 Å². The number of hydrogen-bond donors (Lipinski definition) is 3. The minimum absolute atomic E-state index is 0.390. The second kappa shape index (κ2) is 6.38. The number of anilines is 1. The van der Waals surface area contributed by atoms with Crippen LogP contribution in [0, 0.1) is 0 Å². The predicted molar refractivity (Wildman–Crippen MR) is 76.9 cm³/mol. The minimum Gasteiger partial charge on any atom is -0.398 e. The number of piperidine rings is 1. The summed E-state index contributed by atoms with van der Waals surface area (Å²) in [5.74, 6) is -0.475. The molecular formula is C14H20N4O2. The fraction of sp³-hybridized carbons (Fsp3) is 0.429. The van der Waals surface area contributed by atoms with Gasteiger partial charge in [-0.1, -0.05) is 6.07 Å². The Bertz CT molecular complexity index is 496. The van der Waals surface area contributed by atoms with Crippen molar-refractivity contribution in [1.29, 1.82) is 0 Å². The molecule has 0 radical (unpaired) electrons. The maximum atomic E-state index is 11.0. The molecule has 108 valence electrons. The van der Waals surface area contributed by atoms with Gasteiger partial charge >= 0.3 is 0 Å². The number of hydrogen-bond acceptors (Lipinski definition) is 4. The van der Waals surface area contributed by atoms with Crippen molar-refractivity contribution in [3.8, 4) is 0 Å². The van der Waals surface area contributed by atoms with Crippen molar-refractivity contribution in [2.45, 2.75) is 25.4 Å². The van der Waals surface area contributed by atoms with Gasteiger partial charge in [0.25, 0.3) is 0 Å². The van der Waals surface area contributed by atoms with Crippen LogP contribution in [0.3, 0.4) is 0 Å². The van der Waals surface area contributed by atoms with Crippen LogP contribution in [0.1, 0.15) is 28.8 Å². The van der Waals surface area contributed by atoms with Crippen LogP contribution in [-0.2, 0) is 11.3 Å². The summed E-state index contributed by atoms with van der Waals surface area (Å²) in [7, 11) is 0. The Hall–Kier alpha value is -2.08. The Balaban J connectivity index is 1.88. The van der Waals surface area contributed by atoms with E-state index < -0.39 is 5.91 Å². The lowest BCUT2D eigenvalue weighted by Gasteiger charge is -2.30. The van der Waals surface area contributed by atoms with Gasteiger partial charge in [0, 0.05) is 36.9 Å². The first-order valence-corrected chi connectivity index (χ1v) is 6.71. The zero-order chi connectivity index (χ0) is 14.5. The molecule has 1 aliphatic rings. The molecule has 20 heavy (non-hydrogen) atoms. The van der Waals surface area contributed by atoms with Gasteiger partial charge in [0.15, 0.2) is 0 Å². The van der Waals surface area contributed by atoms with E-state index in [2.05, 4.69) is 5.32 Å². The Labute approximate surface area is 118 Å². The molecule has 1 aliphatic heterocycles. The number of primary amides is 1. The monoisotopic (exact) mass is 276 g/mol. The second-order valence-electron chi connectivity index (χ2n) is 5.07. The lowest BCUT2D eigenvalue weighted by atomic mass is 10.0. The molecule has 0 atom stereocenters. The smallest absolute Gasteiger partial charge is 0.248 e. The zero-order valence-corrected chi connectivity index (χ0v) is 11.3. The van der Waals surface area contributed by atoms with Crippen molar-refractivity contribution in [2.24, 2.45) is 5.73 Å². The van der Waals surface area contributed by atoms with Gasteiger partial charge in [-0.2, -0.15) is 0 Å². The van der Waals surface area contributed by atoms with Gasteiger partial charge in [-0.15, -0.1) is 0 Å². The van der Waals surface area contributed by atoms with Crippen LogP contribution in [0.4, 0.5) is 5.69 Å². The van der Waals surface area contributed by atoms with Crippen LogP contribution in [0.25, 0.3) is 0 Å². The van der Waals surface area contributed by atoms with Crippen molar-refractivity contribution < 1.29 is 9.59 Å². The van der Waals surface area contributed by atoms with Crippen LogP contribution in [0.2, 0.25) is 0 Å². The van der Waals surface area contributed by atoms with Crippen molar-refractivity contribution in [2.75, 3.05) is 18.8 Å². The Morgan fingerprint density at radius 2 is 2.10 bits per heavy atom. The Morgan fingerprint density at radius 3 is 2.65 bits per heavy atom. The van der Waals surface area contributed by atoms with Crippen molar-refractivity contribution in [1.82, 2.24) is 10.2 Å². The fourth-order valence-corrected chi connectivity index (χ4v) is 2.37. The number of amides is 2. The van der Waals surface area contributed by atoms with Crippen molar-refractivity contribution in [3.05, 3.63) is 29.3 Å². The normalized spacial score (nSPS) is 16.1. The first-order chi connectivity index (χ1) is 9.60. The lowest BCUT2D eigenvalue weighted by Crippen LogP contribution is -2.41. The summed E-state index contributed by atoms with van der Waals surface area (Å²) in [4.78, 5) is 23.5. The zero-order valence-electron chi connectivity index (χ0n) is 11.3. The fourth-order valence-electron chi connectivity index (χ4n) is 2.37. The van der Waals surface area contributed by atoms with Gasteiger partial charge in [-0.25, -0.2) is 0 Å². The molecule has 0 bridgehead atoms. The molecule has 6 heteroatoms. The highest BCUT2D eigenvalue weighted by molar-refractivity contribution is 5.93. The molecule has 5 N–H and O–H groups in total. The second-order valence-corrected chi connectivity index (χ2v) is 5.07. The number of rotatable bonds is 5. The third kappa shape index (κ3) is 3.48. The van der Waals surface area contributed by atoms with E-state index in [9.17, 15) is 9.59 Å². The summed E-state index contributed by atoms with van der Waals surface area (Å²) in [6, 6.07) is 5.50. The minimum atomic E-state index is -0.475. The molecule has 0 aliphatic carbocycles. The largest absolute Gasteiger partial charge is 0.398 e. The summed E-state index contributed by atoms with van der Waals surface area (Å²) in [5, 5.41) is 3.43. The van der Waals surface area contributed by atoms with Crippen LogP contribution < -0.4 is 16.8 Å². The molecule has 0 spiro atoms. The van der Waals surface area contributed by atoms with Gasteiger partial charge in [-0.3, -0.25) is 9.59 Å². The molecular weight excluding hydrogens is 256 g/mol. The Kier molecular flexibility index (Phi) is 4.57. The molecule has 0 saturated carbocycles. The number of nitrogen functional groups attached to an aromatic ring is 1. The molecule has 1 aromatic rings. The highest BCUT2D eigenvalue weighted by Gasteiger charge is 2.17. The van der Waals surface area contributed by atoms with Crippen LogP contribution in [0.5, 0.6) is 0 Å². The molecule has 2 amide bonds. The van der Waals surface area contributed by atoms with E-state index in [0.29, 0.717) is 23.8 Å². The quantitative estimate of drug-likeness (QED) is 0.523. The highest BCUT2D eigenvalue weighted by Crippen LogP contribution is 2.15. The number of carbonyl (C=O) groups excluding carboxylic acids is 2. The van der Waals surface area contributed by atoms with Gasteiger partial charge < -0.3 is 21.7 Å².